The Labute approximate surface area is 257 Å². The number of carbonyl (C=O) groups excluding carboxylic acids is 1. The van der Waals surface area contributed by atoms with Crippen LogP contribution >= 0.6 is 22.9 Å². The number of aromatic nitrogens is 4. The number of hydrogen-bond donors (Lipinski definition) is 0. The zero-order valence-electron chi connectivity index (χ0n) is 24.3. The highest BCUT2D eigenvalue weighted by Crippen LogP contribution is 2.39. The Balaban J connectivity index is 1.67. The fraction of sp³-hybridized carbons (Fsp3) is 0.281. The van der Waals surface area contributed by atoms with Crippen LogP contribution in [0.5, 0.6) is 0 Å². The van der Waals surface area contributed by atoms with Gasteiger partial charge in [0.1, 0.15) is 11.6 Å². The number of fused-ring (bicyclic) bond motifs is 2. The lowest BCUT2D eigenvalue weighted by molar-refractivity contribution is -0.126. The molecule has 0 bridgehead atoms. The zero-order valence-corrected chi connectivity index (χ0v) is 25.8. The molecule has 2 aromatic carbocycles. The summed E-state index contributed by atoms with van der Waals surface area (Å²) in [6.45, 7) is 13.0. The molecule has 0 saturated carbocycles. The second-order valence-corrected chi connectivity index (χ2v) is 12.4. The molecular weight excluding hydrogens is 587 g/mol. The summed E-state index contributed by atoms with van der Waals surface area (Å²) < 4.78 is 17.6. The van der Waals surface area contributed by atoms with Crippen molar-refractivity contribution in [1.82, 2.24) is 24.4 Å². The van der Waals surface area contributed by atoms with E-state index in [1.165, 1.54) is 16.7 Å². The number of halogens is 2. The smallest absolute Gasteiger partial charge is 0.350 e. The second-order valence-electron chi connectivity index (χ2n) is 11.1. The van der Waals surface area contributed by atoms with Gasteiger partial charge in [0.05, 0.1) is 37.5 Å². The van der Waals surface area contributed by atoms with Gasteiger partial charge < -0.3 is 9.80 Å². The van der Waals surface area contributed by atoms with Gasteiger partial charge in [-0.15, -0.1) is 11.3 Å². The van der Waals surface area contributed by atoms with Crippen LogP contribution in [-0.4, -0.2) is 56.0 Å². The van der Waals surface area contributed by atoms with Gasteiger partial charge in [-0.25, -0.2) is 23.7 Å². The maximum Gasteiger partial charge on any atom is 0.355 e. The summed E-state index contributed by atoms with van der Waals surface area (Å²) in [6.07, 6.45) is 1.30. The summed E-state index contributed by atoms with van der Waals surface area (Å²) in [5.74, 6) is -0.176. The van der Waals surface area contributed by atoms with E-state index in [1.807, 2.05) is 24.8 Å². The molecule has 1 saturated heterocycles. The first kappa shape index (κ1) is 28.9. The summed E-state index contributed by atoms with van der Waals surface area (Å²) in [5, 5.41) is 0.780. The number of hydrogen-bond acceptors (Lipinski definition) is 7. The van der Waals surface area contributed by atoms with Crippen molar-refractivity contribution in [3.05, 3.63) is 87.0 Å². The van der Waals surface area contributed by atoms with Crippen LogP contribution in [0.25, 0.3) is 38.2 Å². The summed E-state index contributed by atoms with van der Waals surface area (Å²) >= 11 is 8.36. The minimum absolute atomic E-state index is 0.0231. The third-order valence-electron chi connectivity index (χ3n) is 7.94. The largest absolute Gasteiger partial charge is 0.355 e. The highest BCUT2D eigenvalue weighted by atomic mass is 35.5. The highest BCUT2D eigenvalue weighted by Gasteiger charge is 2.31. The normalized spacial score (nSPS) is 15.6. The summed E-state index contributed by atoms with van der Waals surface area (Å²) in [7, 11) is 0. The first-order valence-corrected chi connectivity index (χ1v) is 15.3. The summed E-state index contributed by atoms with van der Waals surface area (Å²) in [4.78, 5) is 44.4. The molecule has 1 amide bonds. The minimum atomic E-state index is -0.520. The van der Waals surface area contributed by atoms with Crippen LogP contribution < -0.4 is 10.6 Å². The molecule has 0 aliphatic carbocycles. The summed E-state index contributed by atoms with van der Waals surface area (Å²) in [5.41, 5.74) is 5.31. The van der Waals surface area contributed by atoms with E-state index >= 15 is 4.39 Å². The Hall–Kier alpha value is -4.15. The number of aryl methyl sites for hydroxylation is 1. The molecule has 1 aliphatic rings. The molecule has 43 heavy (non-hydrogen) atoms. The van der Waals surface area contributed by atoms with E-state index in [0.29, 0.717) is 42.2 Å². The number of benzene rings is 2. The Kier molecular flexibility index (Phi) is 7.52. The second kappa shape index (κ2) is 11.2. The molecule has 0 N–H and O–H groups in total. The van der Waals surface area contributed by atoms with Gasteiger partial charge in [-0.05, 0) is 55.7 Å². The Morgan fingerprint density at radius 3 is 2.67 bits per heavy atom. The monoisotopic (exact) mass is 616 g/mol. The number of rotatable bonds is 5. The lowest BCUT2D eigenvalue weighted by Crippen LogP contribution is -2.54. The van der Waals surface area contributed by atoms with Crippen LogP contribution in [0.15, 0.2) is 59.4 Å². The molecular formula is C32H30ClFN6O2S. The van der Waals surface area contributed by atoms with Gasteiger partial charge in [0.25, 0.3) is 0 Å². The van der Waals surface area contributed by atoms with Gasteiger partial charge >= 0.3 is 5.69 Å². The fourth-order valence-electron chi connectivity index (χ4n) is 5.96. The third kappa shape index (κ3) is 4.88. The lowest BCUT2D eigenvalue weighted by Gasteiger charge is -2.40. The molecule has 4 heterocycles. The van der Waals surface area contributed by atoms with E-state index in [1.54, 1.807) is 46.0 Å². The van der Waals surface area contributed by atoms with Crippen molar-refractivity contribution in [1.29, 1.82) is 0 Å². The van der Waals surface area contributed by atoms with Crippen LogP contribution in [0.1, 0.15) is 37.8 Å². The first-order valence-electron chi connectivity index (χ1n) is 14.0. The van der Waals surface area contributed by atoms with E-state index in [0.717, 1.165) is 21.3 Å². The van der Waals surface area contributed by atoms with Gasteiger partial charge in [0, 0.05) is 36.8 Å². The highest BCUT2D eigenvalue weighted by molar-refractivity contribution is 7.16. The van der Waals surface area contributed by atoms with Crippen molar-refractivity contribution in [2.24, 2.45) is 0 Å². The van der Waals surface area contributed by atoms with Crippen LogP contribution in [0, 0.1) is 12.7 Å². The maximum atomic E-state index is 15.0. The fourth-order valence-corrected chi connectivity index (χ4v) is 7.01. The topological polar surface area (TPSA) is 84.2 Å². The van der Waals surface area contributed by atoms with Gasteiger partial charge in [-0.1, -0.05) is 44.2 Å². The SMILES string of the molecule is C=CC(=O)N1CCN(c2nc(=O)n(-c3c(C)cc4scnc4c3C(C)C)c3nc(-c4ccccc4F)c(Cl)cc23)[C@@H](C)C1. The van der Waals surface area contributed by atoms with E-state index in [9.17, 15) is 9.59 Å². The molecule has 5 aromatic rings. The quantitative estimate of drug-likeness (QED) is 0.210. The molecule has 1 fully saturated rings. The Morgan fingerprint density at radius 2 is 1.98 bits per heavy atom. The maximum absolute atomic E-state index is 15.0. The molecule has 220 valence electrons. The van der Waals surface area contributed by atoms with E-state index in [2.05, 4.69) is 30.4 Å². The minimum Gasteiger partial charge on any atom is -0.350 e. The molecule has 0 radical (unpaired) electrons. The summed E-state index contributed by atoms with van der Waals surface area (Å²) in [6, 6.07) is 9.86. The molecule has 8 nitrogen and oxygen atoms in total. The van der Waals surface area contributed by atoms with Crippen molar-refractivity contribution in [3.8, 4) is 16.9 Å². The van der Waals surface area contributed by atoms with Gasteiger partial charge in [0.2, 0.25) is 5.91 Å². The van der Waals surface area contributed by atoms with Crippen molar-refractivity contribution in [2.75, 3.05) is 24.5 Å². The predicted molar refractivity (Wildman–Crippen MR) is 171 cm³/mol. The average Bonchev–Trinajstić information content (AvgIpc) is 3.44. The van der Waals surface area contributed by atoms with Crippen molar-refractivity contribution in [3.63, 3.8) is 0 Å². The standard InChI is InChI=1S/C32H30ClFN6O2S/c1-6-25(41)38-11-12-39(19(5)15-38)30-21-14-22(33)27(20-9-7-8-10-23(20)34)36-31(21)40(32(42)37-30)29-18(4)13-24-28(35-16-43-24)26(29)17(2)3/h6-10,13-14,16-17,19H,1,11-12,15H2,2-5H3/t19-/m0/s1. The number of nitrogens with zero attached hydrogens (tertiary/aromatic N) is 6. The van der Waals surface area contributed by atoms with Crippen LogP contribution in [0.4, 0.5) is 10.2 Å². The average molecular weight is 617 g/mol. The third-order valence-corrected chi connectivity index (χ3v) is 9.01. The van der Waals surface area contributed by atoms with Crippen molar-refractivity contribution >= 4 is 55.9 Å². The van der Waals surface area contributed by atoms with Gasteiger partial charge in [-0.3, -0.25) is 4.79 Å². The molecule has 1 aliphatic heterocycles. The van der Waals surface area contributed by atoms with E-state index < -0.39 is 11.5 Å². The molecule has 0 unspecified atom stereocenters. The number of carbonyl (C=O) groups is 1. The molecule has 11 heteroatoms. The van der Waals surface area contributed by atoms with Crippen LogP contribution in [0.2, 0.25) is 5.02 Å². The number of amides is 1. The molecule has 3 aromatic heterocycles. The lowest BCUT2D eigenvalue weighted by atomic mass is 9.96. The number of piperazine rings is 1. The molecule has 0 spiro atoms. The predicted octanol–water partition coefficient (Wildman–Crippen LogP) is 6.50. The molecule has 1 atom stereocenters. The number of pyridine rings is 1. The van der Waals surface area contributed by atoms with E-state index in [-0.39, 0.29) is 34.1 Å². The van der Waals surface area contributed by atoms with Crippen molar-refractivity contribution < 1.29 is 9.18 Å². The van der Waals surface area contributed by atoms with Gasteiger partial charge in [-0.2, -0.15) is 4.98 Å². The Morgan fingerprint density at radius 1 is 1.21 bits per heavy atom. The number of thiazole rings is 1. The Bertz CT molecular complexity index is 1990. The van der Waals surface area contributed by atoms with Crippen molar-refractivity contribution in [2.45, 2.75) is 39.7 Å². The van der Waals surface area contributed by atoms with Crippen LogP contribution in [0.3, 0.4) is 0 Å². The van der Waals surface area contributed by atoms with E-state index in [4.69, 9.17) is 16.6 Å². The molecule has 6 rings (SSSR count). The van der Waals surface area contributed by atoms with Crippen LogP contribution in [-0.2, 0) is 4.79 Å². The first-order chi connectivity index (χ1) is 20.6. The number of anilines is 1. The zero-order chi connectivity index (χ0) is 30.6. The van der Waals surface area contributed by atoms with Gasteiger partial charge in [0.15, 0.2) is 5.65 Å².